The smallest absolute Gasteiger partial charge is 0.343 e. The number of benzene rings is 1. The number of nitrogens with one attached hydrogen (secondary N) is 1. The Kier molecular flexibility index (Phi) is 6.04. The number of fused-ring (bicyclic) bond motifs is 1. The van der Waals surface area contributed by atoms with E-state index in [1.54, 1.807) is 44.3 Å². The van der Waals surface area contributed by atoms with Crippen LogP contribution < -0.4 is 5.32 Å². The normalized spacial score (nSPS) is 11.9. The molecule has 3 heterocycles. The first-order valence-corrected chi connectivity index (χ1v) is 10.4. The molecule has 34 heavy (non-hydrogen) atoms. The molecule has 0 spiro atoms. The van der Waals surface area contributed by atoms with Gasteiger partial charge in [0.05, 0.1) is 23.4 Å². The minimum Gasteiger partial charge on any atom is -0.462 e. The van der Waals surface area contributed by atoms with Crippen molar-refractivity contribution in [2.75, 3.05) is 11.9 Å². The zero-order chi connectivity index (χ0) is 24.4. The van der Waals surface area contributed by atoms with Crippen LogP contribution in [0.4, 0.5) is 11.4 Å². The molecule has 1 amide bonds. The van der Waals surface area contributed by atoms with Crippen molar-refractivity contribution < 1.29 is 19.2 Å². The zero-order valence-corrected chi connectivity index (χ0v) is 18.6. The van der Waals surface area contributed by atoms with Crippen molar-refractivity contribution in [3.8, 4) is 11.3 Å². The van der Waals surface area contributed by atoms with Gasteiger partial charge in [0.25, 0.3) is 0 Å². The zero-order valence-electron chi connectivity index (χ0n) is 18.6. The Morgan fingerprint density at radius 1 is 1.29 bits per heavy atom. The highest BCUT2D eigenvalue weighted by atomic mass is 16.6. The highest BCUT2D eigenvalue weighted by Gasteiger charge is 2.22. The number of aromatic nitrogens is 5. The molecule has 0 aliphatic heterocycles. The number of nitrogens with zero attached hydrogens (tertiary/aromatic N) is 6. The lowest BCUT2D eigenvalue weighted by Crippen LogP contribution is -2.24. The maximum atomic E-state index is 12.8. The molecule has 4 rings (SSSR count). The summed E-state index contributed by atoms with van der Waals surface area (Å²) >= 11 is 0. The maximum Gasteiger partial charge on any atom is 0.343 e. The highest BCUT2D eigenvalue weighted by Crippen LogP contribution is 2.25. The second kappa shape index (κ2) is 9.10. The monoisotopic (exact) mass is 463 g/mol. The Morgan fingerprint density at radius 2 is 2.09 bits per heavy atom. The molecule has 1 atom stereocenters. The summed E-state index contributed by atoms with van der Waals surface area (Å²) in [6.07, 6.45) is 4.21. The quantitative estimate of drug-likeness (QED) is 0.250. The van der Waals surface area contributed by atoms with Crippen LogP contribution in [0.2, 0.25) is 0 Å². The Bertz CT molecular complexity index is 1410. The molecule has 174 valence electrons. The van der Waals surface area contributed by atoms with E-state index in [9.17, 15) is 19.7 Å². The summed E-state index contributed by atoms with van der Waals surface area (Å²) in [7, 11) is 0. The molecular formula is C22H21N7O5. The number of nitro groups is 1. The van der Waals surface area contributed by atoms with Crippen molar-refractivity contribution in [2.45, 2.75) is 26.8 Å². The third kappa shape index (κ3) is 4.20. The second-order valence-corrected chi connectivity index (χ2v) is 7.43. The first-order valence-electron chi connectivity index (χ1n) is 10.4. The Morgan fingerprint density at radius 3 is 2.79 bits per heavy atom. The molecular weight excluding hydrogens is 442 g/mol. The Balaban J connectivity index is 1.60. The number of aryl methyl sites for hydroxylation is 1. The lowest BCUT2D eigenvalue weighted by Gasteiger charge is -2.13. The predicted octanol–water partition coefficient (Wildman–Crippen LogP) is 3.19. The maximum absolute atomic E-state index is 12.8. The molecule has 4 aromatic rings. The number of hydrogen-bond acceptors (Lipinski definition) is 8. The summed E-state index contributed by atoms with van der Waals surface area (Å²) in [6, 6.07) is 8.03. The van der Waals surface area contributed by atoms with Crippen LogP contribution in [0.5, 0.6) is 0 Å². The van der Waals surface area contributed by atoms with Crippen LogP contribution in [0.15, 0.2) is 48.9 Å². The van der Waals surface area contributed by atoms with E-state index in [0.717, 1.165) is 5.56 Å². The van der Waals surface area contributed by atoms with Gasteiger partial charge in [0.15, 0.2) is 5.65 Å². The molecule has 0 aliphatic carbocycles. The van der Waals surface area contributed by atoms with Gasteiger partial charge in [-0.15, -0.1) is 0 Å². The molecule has 1 aromatic carbocycles. The van der Waals surface area contributed by atoms with Gasteiger partial charge in [0, 0.05) is 17.4 Å². The summed E-state index contributed by atoms with van der Waals surface area (Å²) in [5, 5.41) is 22.2. The summed E-state index contributed by atoms with van der Waals surface area (Å²) in [4.78, 5) is 39.7. The molecule has 12 nitrogen and oxygen atoms in total. The highest BCUT2D eigenvalue weighted by molar-refractivity contribution is 5.96. The number of amides is 1. The van der Waals surface area contributed by atoms with Crippen LogP contribution in [0.3, 0.4) is 0 Å². The van der Waals surface area contributed by atoms with Crippen LogP contribution in [-0.4, -0.2) is 47.8 Å². The van der Waals surface area contributed by atoms with Gasteiger partial charge in [-0.25, -0.2) is 14.3 Å². The van der Waals surface area contributed by atoms with Gasteiger partial charge in [-0.05, 0) is 39.0 Å². The molecule has 0 saturated heterocycles. The van der Waals surface area contributed by atoms with Crippen molar-refractivity contribution in [1.29, 1.82) is 0 Å². The lowest BCUT2D eigenvalue weighted by molar-refractivity contribution is -0.385. The van der Waals surface area contributed by atoms with Gasteiger partial charge >= 0.3 is 11.7 Å². The molecule has 0 bridgehead atoms. The molecule has 0 fully saturated rings. The van der Waals surface area contributed by atoms with E-state index in [-0.39, 0.29) is 23.6 Å². The minimum atomic E-state index is -0.776. The van der Waals surface area contributed by atoms with E-state index in [4.69, 9.17) is 4.74 Å². The Labute approximate surface area is 193 Å². The van der Waals surface area contributed by atoms with Gasteiger partial charge in [-0.3, -0.25) is 19.6 Å². The molecule has 0 aliphatic rings. The Hall–Kier alpha value is -4.61. The predicted molar refractivity (Wildman–Crippen MR) is 121 cm³/mol. The van der Waals surface area contributed by atoms with E-state index < -0.39 is 22.8 Å². The van der Waals surface area contributed by atoms with Gasteiger partial charge in [0.2, 0.25) is 5.91 Å². The van der Waals surface area contributed by atoms with Crippen LogP contribution in [0.25, 0.3) is 16.9 Å². The number of carbonyl (C=O) groups is 2. The number of rotatable bonds is 7. The fourth-order valence-electron chi connectivity index (χ4n) is 3.44. The van der Waals surface area contributed by atoms with E-state index in [1.165, 1.54) is 28.5 Å². The summed E-state index contributed by atoms with van der Waals surface area (Å²) in [6.45, 7) is 5.07. The number of hydrogen-bond donors (Lipinski definition) is 1. The van der Waals surface area contributed by atoms with E-state index in [0.29, 0.717) is 17.0 Å². The summed E-state index contributed by atoms with van der Waals surface area (Å²) in [5.74, 6) is -0.899. The molecule has 0 saturated carbocycles. The van der Waals surface area contributed by atoms with Crippen molar-refractivity contribution in [3.63, 3.8) is 0 Å². The first kappa shape index (κ1) is 22.6. The van der Waals surface area contributed by atoms with Crippen molar-refractivity contribution in [1.82, 2.24) is 24.4 Å². The van der Waals surface area contributed by atoms with Crippen molar-refractivity contribution in [2.24, 2.45) is 0 Å². The number of ether oxygens (including phenoxy) is 1. The molecule has 1 unspecified atom stereocenters. The average Bonchev–Trinajstić information content (AvgIpc) is 3.42. The van der Waals surface area contributed by atoms with E-state index in [1.807, 2.05) is 6.07 Å². The fourth-order valence-corrected chi connectivity index (χ4v) is 3.44. The van der Waals surface area contributed by atoms with Gasteiger partial charge in [-0.2, -0.15) is 10.2 Å². The van der Waals surface area contributed by atoms with Crippen LogP contribution >= 0.6 is 0 Å². The van der Waals surface area contributed by atoms with Gasteiger partial charge in [0.1, 0.15) is 23.5 Å². The fraction of sp³-hybridized carbons (Fsp3) is 0.227. The third-order valence-corrected chi connectivity index (χ3v) is 5.19. The summed E-state index contributed by atoms with van der Waals surface area (Å²) < 4.78 is 7.85. The SMILES string of the molecule is CCOC(=O)c1cnn2c(-c3cccc(NC(=O)C(C)n4cc([N+](=O)[O-])c(C)n4)c3)ccnc12. The van der Waals surface area contributed by atoms with Gasteiger partial charge < -0.3 is 10.1 Å². The third-order valence-electron chi connectivity index (χ3n) is 5.19. The largest absolute Gasteiger partial charge is 0.462 e. The first-order chi connectivity index (χ1) is 16.3. The van der Waals surface area contributed by atoms with Crippen molar-refractivity contribution in [3.05, 3.63) is 70.3 Å². The molecule has 0 radical (unpaired) electrons. The van der Waals surface area contributed by atoms with Crippen LogP contribution in [0.1, 0.15) is 35.9 Å². The molecule has 1 N–H and O–H groups in total. The van der Waals surface area contributed by atoms with E-state index in [2.05, 4.69) is 20.5 Å². The van der Waals surface area contributed by atoms with Crippen LogP contribution in [0, 0.1) is 17.0 Å². The topological polar surface area (TPSA) is 147 Å². The average molecular weight is 463 g/mol. The van der Waals surface area contributed by atoms with Gasteiger partial charge in [-0.1, -0.05) is 12.1 Å². The molecule has 12 heteroatoms. The molecule has 3 aromatic heterocycles. The number of esters is 1. The number of carbonyl (C=O) groups excluding carboxylic acids is 2. The van der Waals surface area contributed by atoms with Crippen LogP contribution in [-0.2, 0) is 9.53 Å². The second-order valence-electron chi connectivity index (χ2n) is 7.43. The minimum absolute atomic E-state index is 0.148. The van der Waals surface area contributed by atoms with E-state index >= 15 is 0 Å². The standard InChI is InChI=1S/C22H21N7O5/c1-4-34-22(31)17-11-24-28-18(8-9-23-20(17)28)15-6-5-7-16(10-15)25-21(30)14(3)27-12-19(29(32)33)13(2)26-27/h5-12,14H,4H2,1-3H3,(H,25,30). The number of anilines is 1. The lowest BCUT2D eigenvalue weighted by atomic mass is 10.1. The van der Waals surface area contributed by atoms with Crippen molar-refractivity contribution >= 4 is 28.9 Å². The summed E-state index contributed by atoms with van der Waals surface area (Å²) in [5.41, 5.74) is 2.58.